The fourth-order valence-corrected chi connectivity index (χ4v) is 3.97. The van der Waals surface area contributed by atoms with Gasteiger partial charge in [0.15, 0.2) is 0 Å². The van der Waals surface area contributed by atoms with Crippen molar-refractivity contribution in [3.05, 3.63) is 48.3 Å². The highest BCUT2D eigenvalue weighted by Gasteiger charge is 2.56. The molecule has 1 saturated heterocycles. The van der Waals surface area contributed by atoms with Gasteiger partial charge in [0.05, 0.1) is 11.0 Å². The van der Waals surface area contributed by atoms with Crippen LogP contribution in [0.25, 0.3) is 22.4 Å². The Kier molecular flexibility index (Phi) is 4.28. The van der Waals surface area contributed by atoms with E-state index in [0.717, 1.165) is 23.3 Å². The fraction of sp³-hybridized carbons (Fsp3) is 0.273. The van der Waals surface area contributed by atoms with Crippen molar-refractivity contribution in [2.45, 2.75) is 25.3 Å². The van der Waals surface area contributed by atoms with E-state index in [4.69, 9.17) is 0 Å². The number of benzene rings is 2. The van der Waals surface area contributed by atoms with Gasteiger partial charge in [-0.05, 0) is 68.1 Å². The van der Waals surface area contributed by atoms with Crippen molar-refractivity contribution < 1.29 is 18.8 Å². The number of carbonyl (C=O) groups excluding carboxylic acids is 3. The lowest BCUT2D eigenvalue weighted by molar-refractivity contribution is -0.134. The van der Waals surface area contributed by atoms with E-state index in [1.165, 1.54) is 12.1 Å². The number of halogens is 1. The molecule has 0 unspecified atom stereocenters. The zero-order chi connectivity index (χ0) is 21.8. The number of H-pyrrole nitrogens is 1. The number of carbonyl (C=O) groups is 3. The lowest BCUT2D eigenvalue weighted by atomic mass is 9.96. The Morgan fingerprint density at radius 3 is 2.68 bits per heavy atom. The van der Waals surface area contributed by atoms with Crippen molar-refractivity contribution in [2.24, 2.45) is 5.92 Å². The Hall–Kier alpha value is -3.75. The van der Waals surface area contributed by atoms with Gasteiger partial charge in [0, 0.05) is 11.3 Å². The number of hydrogen-bond donors (Lipinski definition) is 3. The van der Waals surface area contributed by atoms with Crippen LogP contribution in [0, 0.1) is 11.7 Å². The number of hydrogen-bond acceptors (Lipinski definition) is 4. The van der Waals surface area contributed by atoms with Gasteiger partial charge in [-0.3, -0.25) is 14.5 Å². The van der Waals surface area contributed by atoms with Crippen LogP contribution < -0.4 is 10.6 Å². The molecule has 1 saturated carbocycles. The molecule has 158 valence electrons. The molecule has 1 aliphatic heterocycles. The molecule has 1 atom stereocenters. The summed E-state index contributed by atoms with van der Waals surface area (Å²) in [6, 6.07) is 10.6. The summed E-state index contributed by atoms with van der Waals surface area (Å²) in [5, 5.41) is 5.45. The van der Waals surface area contributed by atoms with Gasteiger partial charge in [0.2, 0.25) is 5.91 Å². The summed E-state index contributed by atoms with van der Waals surface area (Å²) in [4.78, 5) is 46.0. The Labute approximate surface area is 176 Å². The van der Waals surface area contributed by atoms with Gasteiger partial charge in [0.25, 0.3) is 5.91 Å². The number of amides is 4. The van der Waals surface area contributed by atoms with Crippen molar-refractivity contribution in [1.82, 2.24) is 20.2 Å². The molecule has 0 spiro atoms. The van der Waals surface area contributed by atoms with Crippen LogP contribution in [0.1, 0.15) is 19.8 Å². The minimum atomic E-state index is -0.914. The summed E-state index contributed by atoms with van der Waals surface area (Å²) in [6.07, 6.45) is 1.79. The minimum absolute atomic E-state index is 0.134. The van der Waals surface area contributed by atoms with E-state index in [1.807, 2.05) is 0 Å². The quantitative estimate of drug-likeness (QED) is 0.551. The molecular formula is C22H20FN5O3. The van der Waals surface area contributed by atoms with E-state index < -0.39 is 17.5 Å². The number of aromatic amines is 1. The molecule has 5 rings (SSSR count). The van der Waals surface area contributed by atoms with Crippen molar-refractivity contribution in [1.29, 1.82) is 0 Å². The number of anilines is 1. The number of fused-ring (bicyclic) bond motifs is 1. The van der Waals surface area contributed by atoms with E-state index in [0.29, 0.717) is 22.5 Å². The van der Waals surface area contributed by atoms with Crippen LogP contribution in [-0.4, -0.2) is 44.8 Å². The van der Waals surface area contributed by atoms with E-state index in [-0.39, 0.29) is 24.2 Å². The molecule has 3 aromatic rings. The highest BCUT2D eigenvalue weighted by Crippen LogP contribution is 2.42. The smallest absolute Gasteiger partial charge is 0.325 e. The molecule has 31 heavy (non-hydrogen) atoms. The zero-order valence-corrected chi connectivity index (χ0v) is 16.7. The first kappa shape index (κ1) is 19.2. The van der Waals surface area contributed by atoms with Gasteiger partial charge >= 0.3 is 6.03 Å². The zero-order valence-electron chi connectivity index (χ0n) is 16.7. The first-order valence-corrected chi connectivity index (χ1v) is 10.0. The predicted octanol–water partition coefficient (Wildman–Crippen LogP) is 3.03. The SMILES string of the molecule is C[C@@]1(C2CC2)NC(=O)N(CC(=O)Nc2ccc3nc(-c4ccc(F)cc4)[nH]c3c2)C1=O. The predicted molar refractivity (Wildman–Crippen MR) is 111 cm³/mol. The summed E-state index contributed by atoms with van der Waals surface area (Å²) < 4.78 is 13.1. The van der Waals surface area contributed by atoms with Gasteiger partial charge in [0.1, 0.15) is 23.7 Å². The number of nitrogens with zero attached hydrogens (tertiary/aromatic N) is 2. The lowest BCUT2D eigenvalue weighted by Gasteiger charge is -2.20. The topological polar surface area (TPSA) is 107 Å². The van der Waals surface area contributed by atoms with Gasteiger partial charge in [-0.15, -0.1) is 0 Å². The first-order chi connectivity index (χ1) is 14.8. The normalized spacial score (nSPS) is 20.9. The van der Waals surface area contributed by atoms with Crippen molar-refractivity contribution in [3.63, 3.8) is 0 Å². The molecule has 2 aliphatic rings. The standard InChI is InChI=1S/C22H20FN5O3/c1-22(13-4-5-13)20(30)28(21(31)27-22)11-18(29)24-15-8-9-16-17(10-15)26-19(25-16)12-2-6-14(23)7-3-12/h2-3,6-10,13H,4-5,11H2,1H3,(H,24,29)(H,25,26)(H,27,31)/t22-/m0/s1. The van der Waals surface area contributed by atoms with Crippen LogP contribution in [0.5, 0.6) is 0 Å². The Bertz CT molecular complexity index is 1220. The van der Waals surface area contributed by atoms with Crippen LogP contribution in [0.4, 0.5) is 14.9 Å². The van der Waals surface area contributed by atoms with Crippen LogP contribution in [-0.2, 0) is 9.59 Å². The molecule has 9 heteroatoms. The van der Waals surface area contributed by atoms with Crippen molar-refractivity contribution in [3.8, 4) is 11.4 Å². The van der Waals surface area contributed by atoms with Crippen LogP contribution in [0.15, 0.2) is 42.5 Å². The molecular weight excluding hydrogens is 401 g/mol. The maximum atomic E-state index is 13.1. The third-order valence-electron chi connectivity index (χ3n) is 5.88. The number of urea groups is 1. The van der Waals surface area contributed by atoms with Gasteiger partial charge in [-0.1, -0.05) is 0 Å². The van der Waals surface area contributed by atoms with Crippen molar-refractivity contribution in [2.75, 3.05) is 11.9 Å². The van der Waals surface area contributed by atoms with E-state index >= 15 is 0 Å². The van der Waals surface area contributed by atoms with E-state index in [9.17, 15) is 18.8 Å². The molecule has 2 fully saturated rings. The Morgan fingerprint density at radius 2 is 1.97 bits per heavy atom. The molecule has 1 aromatic heterocycles. The van der Waals surface area contributed by atoms with E-state index in [1.54, 1.807) is 37.3 Å². The summed E-state index contributed by atoms with van der Waals surface area (Å²) in [6.45, 7) is 1.36. The van der Waals surface area contributed by atoms with Gasteiger partial charge in [-0.2, -0.15) is 0 Å². The Morgan fingerprint density at radius 1 is 1.23 bits per heavy atom. The average molecular weight is 421 g/mol. The molecule has 8 nitrogen and oxygen atoms in total. The second kappa shape index (κ2) is 6.90. The monoisotopic (exact) mass is 421 g/mol. The highest BCUT2D eigenvalue weighted by molar-refractivity contribution is 6.10. The molecule has 4 amide bonds. The van der Waals surface area contributed by atoms with Gasteiger partial charge in [-0.25, -0.2) is 14.2 Å². The Balaban J connectivity index is 1.30. The first-order valence-electron chi connectivity index (χ1n) is 10.0. The van der Waals surface area contributed by atoms with Crippen LogP contribution >= 0.6 is 0 Å². The number of rotatable bonds is 5. The molecule has 3 N–H and O–H groups in total. The molecule has 0 bridgehead atoms. The summed E-state index contributed by atoms with van der Waals surface area (Å²) in [5.74, 6) is -0.441. The third kappa shape index (κ3) is 3.41. The van der Waals surface area contributed by atoms with Gasteiger partial charge < -0.3 is 15.6 Å². The maximum Gasteiger partial charge on any atom is 0.325 e. The summed E-state index contributed by atoms with van der Waals surface area (Å²) in [7, 11) is 0. The minimum Gasteiger partial charge on any atom is -0.338 e. The fourth-order valence-electron chi connectivity index (χ4n) is 3.97. The number of imide groups is 1. The number of aromatic nitrogens is 2. The van der Waals surface area contributed by atoms with Crippen LogP contribution in [0.2, 0.25) is 0 Å². The molecule has 2 heterocycles. The van der Waals surface area contributed by atoms with E-state index in [2.05, 4.69) is 20.6 Å². The highest BCUT2D eigenvalue weighted by atomic mass is 19.1. The molecule has 1 aliphatic carbocycles. The van der Waals surface area contributed by atoms with Crippen LogP contribution in [0.3, 0.4) is 0 Å². The number of nitrogens with one attached hydrogen (secondary N) is 3. The summed E-state index contributed by atoms with van der Waals surface area (Å²) >= 11 is 0. The third-order valence-corrected chi connectivity index (χ3v) is 5.88. The average Bonchev–Trinajstić information content (AvgIpc) is 3.48. The lowest BCUT2D eigenvalue weighted by Crippen LogP contribution is -2.46. The second-order valence-corrected chi connectivity index (χ2v) is 8.17. The number of imidazole rings is 1. The molecule has 2 aromatic carbocycles. The second-order valence-electron chi connectivity index (χ2n) is 8.17. The van der Waals surface area contributed by atoms with Crippen molar-refractivity contribution >= 4 is 34.6 Å². The summed E-state index contributed by atoms with van der Waals surface area (Å²) in [5.41, 5.74) is 1.70. The largest absolute Gasteiger partial charge is 0.338 e. The maximum absolute atomic E-state index is 13.1. The molecule has 0 radical (unpaired) electrons.